The fourth-order valence-electron chi connectivity index (χ4n) is 2.75. The Kier molecular flexibility index (Phi) is 5.53. The van der Waals surface area contributed by atoms with Crippen molar-refractivity contribution in [1.29, 1.82) is 0 Å². The van der Waals surface area contributed by atoms with E-state index in [9.17, 15) is 9.59 Å². The van der Waals surface area contributed by atoms with Gasteiger partial charge in [0.25, 0.3) is 5.91 Å². The molecule has 8 heteroatoms. The van der Waals surface area contributed by atoms with Crippen molar-refractivity contribution in [2.24, 2.45) is 0 Å². The molecule has 1 fully saturated rings. The number of thiophene rings is 1. The molecule has 2 amide bonds. The van der Waals surface area contributed by atoms with E-state index >= 15 is 0 Å². The lowest BCUT2D eigenvalue weighted by Gasteiger charge is -2.31. The predicted octanol–water partition coefficient (Wildman–Crippen LogP) is 3.51. The molecule has 0 saturated carbocycles. The molecule has 0 spiro atoms. The second-order valence-corrected chi connectivity index (χ2v) is 8.39. The summed E-state index contributed by atoms with van der Waals surface area (Å²) in [5.74, 6) is 0.245. The first-order valence-corrected chi connectivity index (χ1v) is 9.83. The van der Waals surface area contributed by atoms with Crippen molar-refractivity contribution in [2.45, 2.75) is 32.2 Å². The average molecular weight is 384 g/mol. The molecule has 0 bridgehead atoms. The largest absolute Gasteiger partial charge is 0.351 e. The van der Waals surface area contributed by atoms with E-state index < -0.39 is 0 Å². The number of carbonyl (C=O) groups excluding carboxylic acids is 2. The molecule has 1 N–H and O–H groups in total. The van der Waals surface area contributed by atoms with Crippen LogP contribution in [0.5, 0.6) is 0 Å². The van der Waals surface area contributed by atoms with Gasteiger partial charge < -0.3 is 10.2 Å². The minimum absolute atomic E-state index is 0.0478. The number of likely N-dealkylation sites (tertiary alicyclic amines) is 1. The van der Waals surface area contributed by atoms with Crippen molar-refractivity contribution in [2.75, 3.05) is 13.1 Å². The van der Waals surface area contributed by atoms with Gasteiger partial charge in [0, 0.05) is 31.3 Å². The van der Waals surface area contributed by atoms with E-state index in [1.165, 1.54) is 18.3 Å². The molecule has 1 saturated heterocycles. The van der Waals surface area contributed by atoms with Crippen LogP contribution >= 0.6 is 34.3 Å². The Morgan fingerprint density at radius 2 is 2.29 bits per heavy atom. The van der Waals surface area contributed by atoms with Gasteiger partial charge in [0.05, 0.1) is 26.5 Å². The molecule has 0 radical (unpaired) electrons. The number of halogens is 1. The van der Waals surface area contributed by atoms with Crippen LogP contribution < -0.4 is 5.32 Å². The topological polar surface area (TPSA) is 62.3 Å². The van der Waals surface area contributed by atoms with E-state index in [0.717, 1.165) is 30.1 Å². The van der Waals surface area contributed by atoms with Crippen LogP contribution in [0.4, 0.5) is 0 Å². The molecule has 5 nitrogen and oxygen atoms in total. The summed E-state index contributed by atoms with van der Waals surface area (Å²) >= 11 is 8.86. The Morgan fingerprint density at radius 3 is 3.00 bits per heavy atom. The lowest BCUT2D eigenvalue weighted by molar-refractivity contribution is -0.119. The van der Waals surface area contributed by atoms with Crippen LogP contribution in [0, 0.1) is 0 Å². The number of aromatic nitrogens is 1. The summed E-state index contributed by atoms with van der Waals surface area (Å²) < 4.78 is 0.634. The Balaban J connectivity index is 1.65. The van der Waals surface area contributed by atoms with E-state index in [1.54, 1.807) is 23.5 Å². The van der Waals surface area contributed by atoms with Crippen LogP contribution in [-0.4, -0.2) is 34.8 Å². The van der Waals surface area contributed by atoms with Crippen molar-refractivity contribution in [3.8, 4) is 0 Å². The number of nitrogens with one attached hydrogen (secondary N) is 1. The number of nitrogens with zero attached hydrogens (tertiary/aromatic N) is 2. The number of piperidine rings is 1. The third-order valence-corrected chi connectivity index (χ3v) is 6.20. The lowest BCUT2D eigenvalue weighted by Crippen LogP contribution is -2.38. The van der Waals surface area contributed by atoms with Gasteiger partial charge in [0.2, 0.25) is 5.91 Å². The highest BCUT2D eigenvalue weighted by Gasteiger charge is 2.28. The summed E-state index contributed by atoms with van der Waals surface area (Å²) in [5.41, 5.74) is 0.874. The number of rotatable bonds is 4. The maximum absolute atomic E-state index is 12.6. The SMILES string of the molecule is CC(=O)NCc1csc(C2CCCN(C(=O)c3ccc(Cl)s3)C2)n1. The highest BCUT2D eigenvalue weighted by atomic mass is 35.5. The fraction of sp³-hybridized carbons (Fsp3) is 0.438. The minimum atomic E-state index is -0.0615. The Morgan fingerprint density at radius 1 is 1.46 bits per heavy atom. The number of hydrogen-bond donors (Lipinski definition) is 1. The molecule has 0 aliphatic carbocycles. The summed E-state index contributed by atoms with van der Waals surface area (Å²) in [7, 11) is 0. The number of amides is 2. The minimum Gasteiger partial charge on any atom is -0.351 e. The standard InChI is InChI=1S/C16H18ClN3O2S2/c1-10(21)18-7-12-9-23-15(19-12)11-3-2-6-20(8-11)16(22)13-4-5-14(17)24-13/h4-5,9,11H,2-3,6-8H2,1H3,(H,18,21). The van der Waals surface area contributed by atoms with Gasteiger partial charge in [-0.05, 0) is 25.0 Å². The fourth-order valence-corrected chi connectivity index (χ4v) is 4.71. The maximum atomic E-state index is 12.6. The van der Waals surface area contributed by atoms with Crippen molar-refractivity contribution in [3.05, 3.63) is 37.4 Å². The molecule has 1 atom stereocenters. The predicted molar refractivity (Wildman–Crippen MR) is 96.8 cm³/mol. The van der Waals surface area contributed by atoms with Crippen LogP contribution in [0.3, 0.4) is 0 Å². The molecule has 3 heterocycles. The zero-order chi connectivity index (χ0) is 17.1. The second kappa shape index (κ2) is 7.63. The normalized spacial score (nSPS) is 17.8. The summed E-state index contributed by atoms with van der Waals surface area (Å²) in [6, 6.07) is 3.55. The van der Waals surface area contributed by atoms with Crippen LogP contribution in [0.25, 0.3) is 0 Å². The third kappa shape index (κ3) is 4.15. The van der Waals surface area contributed by atoms with Crippen LogP contribution in [0.2, 0.25) is 4.34 Å². The van der Waals surface area contributed by atoms with Gasteiger partial charge in [-0.3, -0.25) is 9.59 Å². The Hall–Kier alpha value is -1.44. The van der Waals surface area contributed by atoms with Gasteiger partial charge in [-0.15, -0.1) is 22.7 Å². The lowest BCUT2D eigenvalue weighted by atomic mass is 9.98. The molecular weight excluding hydrogens is 366 g/mol. The summed E-state index contributed by atoms with van der Waals surface area (Å²) in [5, 5.41) is 5.77. The summed E-state index contributed by atoms with van der Waals surface area (Å²) in [6.45, 7) is 3.40. The van der Waals surface area contributed by atoms with Gasteiger partial charge in [-0.1, -0.05) is 11.6 Å². The summed E-state index contributed by atoms with van der Waals surface area (Å²) in [4.78, 5) is 30.8. The Labute approximate surface area is 153 Å². The van der Waals surface area contributed by atoms with Gasteiger partial charge in [-0.2, -0.15) is 0 Å². The van der Waals surface area contributed by atoms with Crippen molar-refractivity contribution in [3.63, 3.8) is 0 Å². The number of hydrogen-bond acceptors (Lipinski definition) is 5. The first kappa shape index (κ1) is 17.4. The van der Waals surface area contributed by atoms with Gasteiger partial charge in [-0.25, -0.2) is 4.98 Å². The van der Waals surface area contributed by atoms with Crippen molar-refractivity contribution < 1.29 is 9.59 Å². The number of thiazole rings is 1. The molecule has 3 rings (SSSR count). The molecule has 1 aliphatic rings. The number of carbonyl (C=O) groups is 2. The molecule has 2 aromatic heterocycles. The van der Waals surface area contributed by atoms with E-state index in [0.29, 0.717) is 22.3 Å². The zero-order valence-electron chi connectivity index (χ0n) is 13.3. The average Bonchev–Trinajstić information content (AvgIpc) is 3.21. The maximum Gasteiger partial charge on any atom is 0.263 e. The van der Waals surface area contributed by atoms with E-state index in [-0.39, 0.29) is 17.7 Å². The monoisotopic (exact) mass is 383 g/mol. The van der Waals surface area contributed by atoms with E-state index in [2.05, 4.69) is 10.3 Å². The molecular formula is C16H18ClN3O2S2. The first-order valence-electron chi connectivity index (χ1n) is 7.76. The third-order valence-electron chi connectivity index (χ3n) is 3.93. The van der Waals surface area contributed by atoms with Crippen LogP contribution in [0.15, 0.2) is 17.5 Å². The molecule has 24 heavy (non-hydrogen) atoms. The highest BCUT2D eigenvalue weighted by Crippen LogP contribution is 2.31. The molecule has 1 aliphatic heterocycles. The van der Waals surface area contributed by atoms with E-state index in [1.807, 2.05) is 10.3 Å². The highest BCUT2D eigenvalue weighted by molar-refractivity contribution is 7.18. The summed E-state index contributed by atoms with van der Waals surface area (Å²) in [6.07, 6.45) is 2.00. The van der Waals surface area contributed by atoms with Gasteiger partial charge >= 0.3 is 0 Å². The van der Waals surface area contributed by atoms with E-state index in [4.69, 9.17) is 11.6 Å². The smallest absolute Gasteiger partial charge is 0.263 e. The zero-order valence-corrected chi connectivity index (χ0v) is 15.6. The quantitative estimate of drug-likeness (QED) is 0.878. The van der Waals surface area contributed by atoms with Gasteiger partial charge in [0.15, 0.2) is 0 Å². The van der Waals surface area contributed by atoms with Crippen LogP contribution in [-0.2, 0) is 11.3 Å². The Bertz CT molecular complexity index is 743. The first-order chi connectivity index (χ1) is 11.5. The molecule has 2 aromatic rings. The molecule has 128 valence electrons. The van der Waals surface area contributed by atoms with Crippen LogP contribution in [0.1, 0.15) is 46.1 Å². The second-order valence-electron chi connectivity index (χ2n) is 5.78. The van der Waals surface area contributed by atoms with Crippen molar-refractivity contribution in [1.82, 2.24) is 15.2 Å². The molecule has 0 aromatic carbocycles. The molecule has 1 unspecified atom stereocenters. The van der Waals surface area contributed by atoms with Crippen molar-refractivity contribution >= 4 is 46.1 Å². The van der Waals surface area contributed by atoms with Gasteiger partial charge in [0.1, 0.15) is 0 Å².